The van der Waals surface area contributed by atoms with Gasteiger partial charge in [-0.25, -0.2) is 0 Å². The number of rotatable bonds is 3. The van der Waals surface area contributed by atoms with E-state index in [0.29, 0.717) is 0 Å². The molecular weight excluding hydrogens is 176 g/mol. The summed E-state index contributed by atoms with van der Waals surface area (Å²) in [6, 6.07) is 0. The number of halogens is 4. The van der Waals surface area contributed by atoms with E-state index in [1.165, 1.54) is 0 Å². The van der Waals surface area contributed by atoms with Crippen LogP contribution in [-0.2, 0) is 0 Å². The van der Waals surface area contributed by atoms with E-state index in [-0.39, 0.29) is 0 Å². The Kier molecular flexibility index (Phi) is 3.08. The van der Waals surface area contributed by atoms with Crippen LogP contribution in [0.25, 0.3) is 0 Å². The summed E-state index contributed by atoms with van der Waals surface area (Å²) < 4.78 is 48.6. The summed E-state index contributed by atoms with van der Waals surface area (Å²) >= 11 is 0. The first-order valence-electron chi connectivity index (χ1n) is 3.37. The summed E-state index contributed by atoms with van der Waals surface area (Å²) in [6.45, 7) is 4.16. The summed E-state index contributed by atoms with van der Waals surface area (Å²) in [5.41, 5.74) is -3.81. The Hall–Kier alpha value is -0.360. The fourth-order valence-electron chi connectivity index (χ4n) is 0.414. The van der Waals surface area contributed by atoms with Gasteiger partial charge in [0.15, 0.2) is 0 Å². The average molecular weight is 188 g/mol. The molecule has 0 aliphatic rings. The van der Waals surface area contributed by atoms with Gasteiger partial charge in [0, 0.05) is 10.7 Å². The molecule has 0 aromatic rings. The second kappa shape index (κ2) is 3.18. The van der Waals surface area contributed by atoms with E-state index in [1.54, 1.807) is 0 Å². The lowest BCUT2D eigenvalue weighted by Gasteiger charge is -2.39. The molecule has 0 rings (SSSR count). The molecule has 0 heterocycles. The van der Waals surface area contributed by atoms with Crippen molar-refractivity contribution in [3.63, 3.8) is 0 Å². The van der Waals surface area contributed by atoms with Gasteiger partial charge in [0.25, 0.3) is 0 Å². The number of hydrogen-bond acceptors (Lipinski definition) is 2. The SMILES string of the molecule is CC(C)(N(F)F)C(C)(C)N(F)F. The Morgan fingerprint density at radius 3 is 0.917 bits per heavy atom. The molecule has 12 heavy (non-hydrogen) atoms. The minimum Gasteiger partial charge on any atom is -0.101 e. The third-order valence-corrected chi connectivity index (χ3v) is 2.34. The summed E-state index contributed by atoms with van der Waals surface area (Å²) in [7, 11) is 0. The van der Waals surface area contributed by atoms with Crippen LogP contribution in [0.4, 0.5) is 17.9 Å². The highest BCUT2D eigenvalue weighted by Crippen LogP contribution is 2.34. The maximum atomic E-state index is 12.1. The number of hydrogen-bond donors (Lipinski definition) is 0. The van der Waals surface area contributed by atoms with Gasteiger partial charge in [-0.05, 0) is 27.7 Å². The lowest BCUT2D eigenvalue weighted by Crippen LogP contribution is -2.57. The molecule has 0 aliphatic carbocycles. The van der Waals surface area contributed by atoms with Crippen molar-refractivity contribution in [3.05, 3.63) is 0 Å². The highest BCUT2D eigenvalue weighted by atomic mass is 19.4. The van der Waals surface area contributed by atoms with Gasteiger partial charge in [0.05, 0.1) is 0 Å². The van der Waals surface area contributed by atoms with E-state index in [9.17, 15) is 17.9 Å². The van der Waals surface area contributed by atoms with Crippen LogP contribution in [0.2, 0.25) is 0 Å². The molecule has 0 atom stereocenters. The predicted octanol–water partition coefficient (Wildman–Crippen LogP) is 2.69. The Labute approximate surface area is 68.5 Å². The van der Waals surface area contributed by atoms with Gasteiger partial charge in [-0.2, -0.15) is 0 Å². The molecule has 0 fully saturated rings. The van der Waals surface area contributed by atoms with Gasteiger partial charge in [-0.15, -0.1) is 17.9 Å². The molecular formula is C6H12F4N2. The van der Waals surface area contributed by atoms with Crippen molar-refractivity contribution < 1.29 is 17.9 Å². The minimum absolute atomic E-state index is 1.04. The van der Waals surface area contributed by atoms with Crippen molar-refractivity contribution in [1.82, 2.24) is 10.7 Å². The molecule has 0 amide bonds. The zero-order valence-corrected chi connectivity index (χ0v) is 7.41. The second-order valence-electron chi connectivity index (χ2n) is 3.58. The third-order valence-electron chi connectivity index (χ3n) is 2.34. The van der Waals surface area contributed by atoms with Crippen LogP contribution in [0.15, 0.2) is 0 Å². The molecule has 6 heteroatoms. The van der Waals surface area contributed by atoms with Gasteiger partial charge in [0.1, 0.15) is 11.1 Å². The molecule has 0 N–H and O–H groups in total. The first-order valence-corrected chi connectivity index (χ1v) is 3.37. The molecule has 0 aromatic heterocycles. The lowest BCUT2D eigenvalue weighted by atomic mass is 9.84. The highest BCUT2D eigenvalue weighted by Gasteiger charge is 2.49. The van der Waals surface area contributed by atoms with Gasteiger partial charge in [-0.1, -0.05) is 0 Å². The monoisotopic (exact) mass is 188 g/mol. The molecule has 0 spiro atoms. The number of nitrogens with zero attached hydrogens (tertiary/aromatic N) is 2. The van der Waals surface area contributed by atoms with Crippen LogP contribution in [-0.4, -0.2) is 21.8 Å². The summed E-state index contributed by atoms with van der Waals surface area (Å²) in [5.74, 6) is 0. The maximum absolute atomic E-state index is 12.1. The quantitative estimate of drug-likeness (QED) is 0.496. The molecule has 0 saturated carbocycles. The van der Waals surface area contributed by atoms with Crippen molar-refractivity contribution in [1.29, 1.82) is 0 Å². The van der Waals surface area contributed by atoms with Crippen LogP contribution < -0.4 is 0 Å². The van der Waals surface area contributed by atoms with E-state index in [2.05, 4.69) is 0 Å². The highest BCUT2D eigenvalue weighted by molar-refractivity contribution is 4.94. The van der Waals surface area contributed by atoms with Gasteiger partial charge in [0.2, 0.25) is 0 Å². The summed E-state index contributed by atoms with van der Waals surface area (Å²) in [6.07, 6.45) is 0. The van der Waals surface area contributed by atoms with Crippen LogP contribution in [0.3, 0.4) is 0 Å². The van der Waals surface area contributed by atoms with Crippen LogP contribution in [0.1, 0.15) is 27.7 Å². The average Bonchev–Trinajstić information content (AvgIpc) is 1.86. The zero-order chi connectivity index (χ0) is 10.2. The molecule has 0 aromatic carbocycles. The molecule has 0 saturated heterocycles. The Bertz CT molecular complexity index is 138. The fraction of sp³-hybridized carbons (Fsp3) is 1.00. The fourth-order valence-corrected chi connectivity index (χ4v) is 0.414. The van der Waals surface area contributed by atoms with Crippen LogP contribution in [0, 0.1) is 0 Å². The van der Waals surface area contributed by atoms with Crippen molar-refractivity contribution in [3.8, 4) is 0 Å². The first-order chi connectivity index (χ1) is 5.14. The van der Waals surface area contributed by atoms with Crippen molar-refractivity contribution >= 4 is 0 Å². The van der Waals surface area contributed by atoms with Crippen LogP contribution in [0.5, 0.6) is 0 Å². The smallest absolute Gasteiger partial charge is 0.101 e. The van der Waals surface area contributed by atoms with E-state index in [1.807, 2.05) is 0 Å². The Balaban J connectivity index is 4.75. The molecule has 74 valence electrons. The minimum atomic E-state index is -1.91. The zero-order valence-electron chi connectivity index (χ0n) is 7.41. The maximum Gasteiger partial charge on any atom is 0.101 e. The molecule has 0 radical (unpaired) electrons. The van der Waals surface area contributed by atoms with Gasteiger partial charge >= 0.3 is 0 Å². The van der Waals surface area contributed by atoms with E-state index >= 15 is 0 Å². The van der Waals surface area contributed by atoms with E-state index in [0.717, 1.165) is 27.7 Å². The first kappa shape index (κ1) is 11.6. The summed E-state index contributed by atoms with van der Waals surface area (Å²) in [4.78, 5) is 0. The standard InChI is InChI=1S/C6H12F4N2/c1-5(2,11(7)8)6(3,4)12(9)10/h1-4H3. The van der Waals surface area contributed by atoms with E-state index in [4.69, 9.17) is 0 Å². The van der Waals surface area contributed by atoms with Gasteiger partial charge in [-0.3, -0.25) is 0 Å². The second-order valence-corrected chi connectivity index (χ2v) is 3.58. The predicted molar refractivity (Wildman–Crippen MR) is 36.3 cm³/mol. The van der Waals surface area contributed by atoms with Gasteiger partial charge < -0.3 is 0 Å². The molecule has 0 unspecified atom stereocenters. The molecule has 2 nitrogen and oxygen atoms in total. The van der Waals surface area contributed by atoms with Crippen molar-refractivity contribution in [2.45, 2.75) is 38.8 Å². The summed E-state index contributed by atoms with van der Waals surface area (Å²) in [5, 5.41) is -2.42. The van der Waals surface area contributed by atoms with Crippen molar-refractivity contribution in [2.24, 2.45) is 0 Å². The normalized spacial score (nSPS) is 14.5. The third kappa shape index (κ3) is 1.69. The topological polar surface area (TPSA) is 6.48 Å². The van der Waals surface area contributed by atoms with Crippen molar-refractivity contribution in [2.75, 3.05) is 0 Å². The Morgan fingerprint density at radius 2 is 0.833 bits per heavy atom. The Morgan fingerprint density at radius 1 is 0.667 bits per heavy atom. The largest absolute Gasteiger partial charge is 0.101 e. The van der Waals surface area contributed by atoms with Crippen LogP contribution >= 0.6 is 0 Å². The lowest BCUT2D eigenvalue weighted by molar-refractivity contribution is -0.314. The van der Waals surface area contributed by atoms with E-state index < -0.39 is 21.8 Å². The molecule has 0 aliphatic heterocycles. The molecule has 0 bridgehead atoms.